The summed E-state index contributed by atoms with van der Waals surface area (Å²) in [6.07, 6.45) is 4.29. The van der Waals surface area contributed by atoms with Crippen molar-refractivity contribution < 1.29 is 9.00 Å². The van der Waals surface area contributed by atoms with Crippen LogP contribution in [-0.4, -0.2) is 41.3 Å². The van der Waals surface area contributed by atoms with E-state index in [4.69, 9.17) is 0 Å². The van der Waals surface area contributed by atoms with Crippen LogP contribution in [0.4, 0.5) is 0 Å². The molecule has 5 heteroatoms. The van der Waals surface area contributed by atoms with Crippen LogP contribution < -0.4 is 10.6 Å². The number of nitrogens with one attached hydrogen (secondary N) is 2. The molecule has 4 nitrogen and oxygen atoms in total. The van der Waals surface area contributed by atoms with Gasteiger partial charge in [0.1, 0.15) is 0 Å². The van der Waals surface area contributed by atoms with Gasteiger partial charge in [0, 0.05) is 35.4 Å². The minimum Gasteiger partial charge on any atom is -0.356 e. The van der Waals surface area contributed by atoms with Gasteiger partial charge in [0.15, 0.2) is 0 Å². The lowest BCUT2D eigenvalue weighted by molar-refractivity contribution is -0.130. The molecule has 1 aliphatic heterocycles. The summed E-state index contributed by atoms with van der Waals surface area (Å²) in [5.74, 6) is 0.152. The van der Waals surface area contributed by atoms with Gasteiger partial charge in [0.05, 0.1) is 5.41 Å². The summed E-state index contributed by atoms with van der Waals surface area (Å²) in [6, 6.07) is 0. The van der Waals surface area contributed by atoms with Gasteiger partial charge < -0.3 is 10.6 Å². The summed E-state index contributed by atoms with van der Waals surface area (Å²) in [5.41, 5.74) is -0.214. The van der Waals surface area contributed by atoms with Crippen molar-refractivity contribution in [2.45, 2.75) is 38.4 Å². The van der Waals surface area contributed by atoms with E-state index >= 15 is 0 Å². The molecule has 0 radical (unpaired) electrons. The van der Waals surface area contributed by atoms with E-state index in [1.54, 1.807) is 6.26 Å². The SMILES string of the molecule is CCC1(C(=O)NCCC(C)S(C)=O)CCNC1. The highest BCUT2D eigenvalue weighted by molar-refractivity contribution is 7.84. The van der Waals surface area contributed by atoms with Gasteiger partial charge in [0.25, 0.3) is 0 Å². The zero-order valence-electron chi connectivity index (χ0n) is 11.0. The molecule has 3 unspecified atom stereocenters. The fourth-order valence-corrected chi connectivity index (χ4v) is 2.59. The largest absolute Gasteiger partial charge is 0.356 e. The second kappa shape index (κ2) is 6.50. The predicted molar refractivity (Wildman–Crippen MR) is 71.4 cm³/mol. The molecule has 0 bridgehead atoms. The van der Waals surface area contributed by atoms with Crippen LogP contribution in [0.25, 0.3) is 0 Å². The highest BCUT2D eigenvalue weighted by Gasteiger charge is 2.39. The van der Waals surface area contributed by atoms with E-state index in [1.807, 2.05) is 6.92 Å². The zero-order chi connectivity index (χ0) is 12.9. The van der Waals surface area contributed by atoms with Crippen LogP contribution >= 0.6 is 0 Å². The van der Waals surface area contributed by atoms with E-state index < -0.39 is 10.8 Å². The molecule has 2 N–H and O–H groups in total. The summed E-state index contributed by atoms with van der Waals surface area (Å²) in [7, 11) is -0.803. The minimum atomic E-state index is -0.803. The molecular formula is C12H24N2O2S. The van der Waals surface area contributed by atoms with Crippen LogP contribution in [0, 0.1) is 5.41 Å². The quantitative estimate of drug-likeness (QED) is 0.737. The Morgan fingerprint density at radius 3 is 2.76 bits per heavy atom. The summed E-state index contributed by atoms with van der Waals surface area (Å²) in [4.78, 5) is 12.1. The number of hydrogen-bond donors (Lipinski definition) is 2. The number of carbonyl (C=O) groups excluding carboxylic acids is 1. The maximum atomic E-state index is 12.1. The van der Waals surface area contributed by atoms with Crippen LogP contribution in [0.15, 0.2) is 0 Å². The van der Waals surface area contributed by atoms with Crippen LogP contribution in [0.5, 0.6) is 0 Å². The number of rotatable bonds is 6. The van der Waals surface area contributed by atoms with Gasteiger partial charge in [-0.2, -0.15) is 0 Å². The normalized spacial score (nSPS) is 27.7. The maximum Gasteiger partial charge on any atom is 0.227 e. The highest BCUT2D eigenvalue weighted by atomic mass is 32.2. The Balaban J connectivity index is 2.36. The van der Waals surface area contributed by atoms with Crippen molar-refractivity contribution in [2.24, 2.45) is 5.41 Å². The molecule has 0 aromatic carbocycles. The number of hydrogen-bond acceptors (Lipinski definition) is 3. The smallest absolute Gasteiger partial charge is 0.227 e. The molecule has 0 aromatic heterocycles. The molecule has 0 aliphatic carbocycles. The molecule has 0 aromatic rings. The van der Waals surface area contributed by atoms with Gasteiger partial charge in [0.2, 0.25) is 5.91 Å². The van der Waals surface area contributed by atoms with Crippen LogP contribution in [0.1, 0.15) is 33.1 Å². The molecule has 1 amide bonds. The van der Waals surface area contributed by atoms with Crippen LogP contribution in [-0.2, 0) is 15.6 Å². The third-order valence-corrected chi connectivity index (χ3v) is 5.17. The Labute approximate surface area is 106 Å². The molecule has 100 valence electrons. The first-order valence-electron chi connectivity index (χ1n) is 6.33. The monoisotopic (exact) mass is 260 g/mol. The van der Waals surface area contributed by atoms with Gasteiger partial charge in [-0.3, -0.25) is 9.00 Å². The first kappa shape index (κ1) is 14.6. The zero-order valence-corrected chi connectivity index (χ0v) is 11.9. The van der Waals surface area contributed by atoms with Crippen molar-refractivity contribution in [3.63, 3.8) is 0 Å². The van der Waals surface area contributed by atoms with Crippen LogP contribution in [0.3, 0.4) is 0 Å². The van der Waals surface area contributed by atoms with Crippen LogP contribution in [0.2, 0.25) is 0 Å². The average molecular weight is 260 g/mol. The standard InChI is InChI=1S/C12H24N2O2S/c1-4-12(6-8-13-9-12)11(15)14-7-5-10(2)17(3)16/h10,13H,4-9H2,1-3H3,(H,14,15). The molecular weight excluding hydrogens is 236 g/mol. The lowest BCUT2D eigenvalue weighted by Crippen LogP contribution is -2.43. The third kappa shape index (κ3) is 3.78. The van der Waals surface area contributed by atoms with Crippen molar-refractivity contribution in [3.05, 3.63) is 0 Å². The Morgan fingerprint density at radius 2 is 2.29 bits per heavy atom. The average Bonchev–Trinajstić information content (AvgIpc) is 2.78. The number of carbonyl (C=O) groups is 1. The first-order chi connectivity index (χ1) is 8.02. The highest BCUT2D eigenvalue weighted by Crippen LogP contribution is 2.29. The van der Waals surface area contributed by atoms with E-state index in [0.717, 1.165) is 32.4 Å². The van der Waals surface area contributed by atoms with Gasteiger partial charge in [-0.15, -0.1) is 0 Å². The topological polar surface area (TPSA) is 58.2 Å². The first-order valence-corrected chi connectivity index (χ1v) is 7.95. The third-order valence-electron chi connectivity index (χ3n) is 3.81. The second-order valence-electron chi connectivity index (χ2n) is 4.91. The minimum absolute atomic E-state index is 0.148. The second-order valence-corrected chi connectivity index (χ2v) is 6.72. The van der Waals surface area contributed by atoms with E-state index in [1.165, 1.54) is 0 Å². The molecule has 3 atom stereocenters. The Hall–Kier alpha value is -0.420. The fourth-order valence-electron chi connectivity index (χ4n) is 2.14. The molecule has 1 heterocycles. The van der Waals surface area contributed by atoms with Crippen molar-refractivity contribution in [1.29, 1.82) is 0 Å². The molecule has 1 aliphatic rings. The Kier molecular flexibility index (Phi) is 5.59. The Morgan fingerprint density at radius 1 is 1.59 bits per heavy atom. The fraction of sp³-hybridized carbons (Fsp3) is 0.917. The van der Waals surface area contributed by atoms with E-state index in [2.05, 4.69) is 17.6 Å². The van der Waals surface area contributed by atoms with Crippen molar-refractivity contribution >= 4 is 16.7 Å². The van der Waals surface area contributed by atoms with Gasteiger partial charge in [-0.05, 0) is 25.8 Å². The molecule has 17 heavy (non-hydrogen) atoms. The van der Waals surface area contributed by atoms with Gasteiger partial charge >= 0.3 is 0 Å². The molecule has 1 saturated heterocycles. The summed E-state index contributed by atoms with van der Waals surface area (Å²) < 4.78 is 11.2. The molecule has 1 rings (SSSR count). The van der Waals surface area contributed by atoms with Crippen molar-refractivity contribution in [2.75, 3.05) is 25.9 Å². The van der Waals surface area contributed by atoms with E-state index in [-0.39, 0.29) is 16.6 Å². The lowest BCUT2D eigenvalue weighted by Gasteiger charge is -2.25. The van der Waals surface area contributed by atoms with E-state index in [9.17, 15) is 9.00 Å². The predicted octanol–water partition coefficient (Wildman–Crippen LogP) is 0.649. The lowest BCUT2D eigenvalue weighted by atomic mass is 9.83. The van der Waals surface area contributed by atoms with Crippen molar-refractivity contribution in [1.82, 2.24) is 10.6 Å². The summed E-state index contributed by atoms with van der Waals surface area (Å²) in [5, 5.41) is 6.39. The maximum absolute atomic E-state index is 12.1. The number of amides is 1. The molecule has 0 spiro atoms. The van der Waals surface area contributed by atoms with E-state index in [0.29, 0.717) is 6.54 Å². The summed E-state index contributed by atoms with van der Waals surface area (Å²) >= 11 is 0. The Bertz CT molecular complexity index is 288. The van der Waals surface area contributed by atoms with Crippen molar-refractivity contribution in [3.8, 4) is 0 Å². The van der Waals surface area contributed by atoms with Gasteiger partial charge in [-0.25, -0.2) is 0 Å². The summed E-state index contributed by atoms with van der Waals surface area (Å²) in [6.45, 7) is 6.36. The molecule has 1 fully saturated rings. The molecule has 0 saturated carbocycles. The van der Waals surface area contributed by atoms with Gasteiger partial charge in [-0.1, -0.05) is 13.8 Å².